The first-order chi connectivity index (χ1) is 8.29. The Bertz CT molecular complexity index is 335. The zero-order chi connectivity index (χ0) is 12.1. The maximum Gasteiger partial charge on any atom is 0.144 e. The third kappa shape index (κ3) is 3.38. The molecule has 2 heterocycles. The number of nitrogens with zero attached hydrogens (tertiary/aromatic N) is 3. The lowest BCUT2D eigenvalue weighted by atomic mass is 10.1. The van der Waals surface area contributed by atoms with Crippen LogP contribution in [0.1, 0.15) is 18.5 Å². The fourth-order valence-electron chi connectivity index (χ4n) is 2.08. The quantitative estimate of drug-likeness (QED) is 0.849. The van der Waals surface area contributed by atoms with Gasteiger partial charge in [-0.05, 0) is 19.9 Å². The van der Waals surface area contributed by atoms with Crippen molar-refractivity contribution in [3.05, 3.63) is 18.1 Å². The average Bonchev–Trinajstić information content (AvgIpc) is 2.40. The van der Waals surface area contributed by atoms with Crippen LogP contribution in [-0.2, 0) is 11.3 Å². The van der Waals surface area contributed by atoms with Crippen LogP contribution in [0.4, 0.5) is 5.82 Å². The molecule has 0 amide bonds. The van der Waals surface area contributed by atoms with Crippen molar-refractivity contribution in [2.75, 3.05) is 32.6 Å². The molecular weight excluding hydrogens is 216 g/mol. The van der Waals surface area contributed by atoms with E-state index >= 15 is 0 Å². The van der Waals surface area contributed by atoms with Gasteiger partial charge in [0.15, 0.2) is 0 Å². The zero-order valence-electron chi connectivity index (χ0n) is 10.5. The van der Waals surface area contributed by atoms with Crippen LogP contribution < -0.4 is 5.32 Å². The van der Waals surface area contributed by atoms with Crippen molar-refractivity contribution >= 4 is 5.82 Å². The van der Waals surface area contributed by atoms with E-state index in [1.807, 2.05) is 13.2 Å². The maximum absolute atomic E-state index is 5.37. The molecule has 5 heteroatoms. The standard InChI is InChI=1S/C12H20N4O/c1-13-12-8-14-10(7-15-12)9-16(2)11-3-5-17-6-4-11/h7-8,11H,3-6,9H2,1-2H3,(H,13,15). The molecule has 1 saturated heterocycles. The van der Waals surface area contributed by atoms with E-state index in [1.54, 1.807) is 6.20 Å². The molecule has 1 N–H and O–H groups in total. The molecule has 1 fully saturated rings. The molecule has 0 radical (unpaired) electrons. The Morgan fingerprint density at radius 1 is 1.35 bits per heavy atom. The van der Waals surface area contributed by atoms with E-state index in [9.17, 15) is 0 Å². The predicted molar refractivity (Wildman–Crippen MR) is 66.9 cm³/mol. The molecule has 1 aliphatic heterocycles. The van der Waals surface area contributed by atoms with Gasteiger partial charge in [0, 0.05) is 32.8 Å². The first kappa shape index (κ1) is 12.3. The molecule has 0 unspecified atom stereocenters. The number of ether oxygens (including phenoxy) is 1. The number of nitrogens with one attached hydrogen (secondary N) is 1. The lowest BCUT2D eigenvalue weighted by Gasteiger charge is -2.30. The van der Waals surface area contributed by atoms with Gasteiger partial charge in [-0.25, -0.2) is 4.98 Å². The summed E-state index contributed by atoms with van der Waals surface area (Å²) in [6, 6.07) is 0.606. The second-order valence-corrected chi connectivity index (χ2v) is 4.40. The number of anilines is 1. The van der Waals surface area contributed by atoms with Crippen LogP contribution in [0.15, 0.2) is 12.4 Å². The summed E-state index contributed by atoms with van der Waals surface area (Å²) in [6.07, 6.45) is 5.83. The molecule has 0 bridgehead atoms. The molecule has 0 atom stereocenters. The van der Waals surface area contributed by atoms with Gasteiger partial charge in [0.2, 0.25) is 0 Å². The molecule has 1 aromatic heterocycles. The first-order valence-corrected chi connectivity index (χ1v) is 6.06. The molecule has 0 saturated carbocycles. The summed E-state index contributed by atoms with van der Waals surface area (Å²) in [5.74, 6) is 0.808. The summed E-state index contributed by atoms with van der Waals surface area (Å²) in [5, 5.41) is 2.97. The summed E-state index contributed by atoms with van der Waals surface area (Å²) in [7, 11) is 3.99. The van der Waals surface area contributed by atoms with Crippen LogP contribution >= 0.6 is 0 Å². The SMILES string of the molecule is CNc1cnc(CN(C)C2CCOCC2)cn1. The topological polar surface area (TPSA) is 50.3 Å². The van der Waals surface area contributed by atoms with Crippen LogP contribution in [0.3, 0.4) is 0 Å². The van der Waals surface area contributed by atoms with Crippen molar-refractivity contribution < 1.29 is 4.74 Å². The Morgan fingerprint density at radius 2 is 2.12 bits per heavy atom. The van der Waals surface area contributed by atoms with Crippen molar-refractivity contribution in [1.82, 2.24) is 14.9 Å². The average molecular weight is 236 g/mol. The number of aromatic nitrogens is 2. The van der Waals surface area contributed by atoms with E-state index in [4.69, 9.17) is 4.74 Å². The maximum atomic E-state index is 5.37. The van der Waals surface area contributed by atoms with Gasteiger partial charge >= 0.3 is 0 Å². The molecular formula is C12H20N4O. The van der Waals surface area contributed by atoms with Gasteiger partial charge in [-0.3, -0.25) is 9.88 Å². The smallest absolute Gasteiger partial charge is 0.144 e. The van der Waals surface area contributed by atoms with Gasteiger partial charge < -0.3 is 10.1 Å². The van der Waals surface area contributed by atoms with E-state index in [0.29, 0.717) is 6.04 Å². The minimum Gasteiger partial charge on any atom is -0.381 e. The van der Waals surface area contributed by atoms with Crippen LogP contribution in [0, 0.1) is 0 Å². The molecule has 1 aromatic rings. The summed E-state index contributed by atoms with van der Waals surface area (Å²) < 4.78 is 5.37. The highest BCUT2D eigenvalue weighted by molar-refractivity contribution is 5.29. The van der Waals surface area contributed by atoms with E-state index < -0.39 is 0 Å². The Balaban J connectivity index is 1.89. The van der Waals surface area contributed by atoms with Crippen molar-refractivity contribution in [3.8, 4) is 0 Å². The highest BCUT2D eigenvalue weighted by atomic mass is 16.5. The Kier molecular flexibility index (Phi) is 4.28. The summed E-state index contributed by atoms with van der Waals surface area (Å²) in [4.78, 5) is 11.0. The highest BCUT2D eigenvalue weighted by Crippen LogP contribution is 2.14. The van der Waals surface area contributed by atoms with Gasteiger partial charge in [0.05, 0.1) is 18.1 Å². The van der Waals surface area contributed by atoms with E-state index in [-0.39, 0.29) is 0 Å². The predicted octanol–water partition coefficient (Wildman–Crippen LogP) is 1.13. The minimum atomic E-state index is 0.606. The van der Waals surface area contributed by atoms with Crippen molar-refractivity contribution in [1.29, 1.82) is 0 Å². The van der Waals surface area contributed by atoms with Crippen LogP contribution in [0.5, 0.6) is 0 Å². The first-order valence-electron chi connectivity index (χ1n) is 6.06. The van der Waals surface area contributed by atoms with Crippen LogP contribution in [-0.4, -0.2) is 48.2 Å². The third-order valence-electron chi connectivity index (χ3n) is 3.19. The largest absolute Gasteiger partial charge is 0.381 e. The number of hydrogen-bond acceptors (Lipinski definition) is 5. The van der Waals surface area contributed by atoms with Gasteiger partial charge in [-0.1, -0.05) is 0 Å². The summed E-state index contributed by atoms with van der Waals surface area (Å²) >= 11 is 0. The van der Waals surface area contributed by atoms with Crippen molar-refractivity contribution in [2.45, 2.75) is 25.4 Å². The van der Waals surface area contributed by atoms with E-state index in [0.717, 1.165) is 44.1 Å². The van der Waals surface area contributed by atoms with E-state index in [1.165, 1.54) is 0 Å². The monoisotopic (exact) mass is 236 g/mol. The lowest BCUT2D eigenvalue weighted by molar-refractivity contribution is 0.0403. The molecule has 0 aromatic carbocycles. The molecule has 17 heavy (non-hydrogen) atoms. The molecule has 94 valence electrons. The normalized spacial score (nSPS) is 17.4. The minimum absolute atomic E-state index is 0.606. The van der Waals surface area contributed by atoms with Gasteiger partial charge in [0.1, 0.15) is 5.82 Å². The lowest BCUT2D eigenvalue weighted by Crippen LogP contribution is -2.36. The summed E-state index contributed by atoms with van der Waals surface area (Å²) in [5.41, 5.74) is 1.01. The van der Waals surface area contributed by atoms with Gasteiger partial charge in [0.25, 0.3) is 0 Å². The highest BCUT2D eigenvalue weighted by Gasteiger charge is 2.18. The van der Waals surface area contributed by atoms with Crippen LogP contribution in [0.2, 0.25) is 0 Å². The molecule has 2 rings (SSSR count). The zero-order valence-corrected chi connectivity index (χ0v) is 10.5. The Labute approximate surface area is 102 Å². The fourth-order valence-corrected chi connectivity index (χ4v) is 2.08. The second-order valence-electron chi connectivity index (χ2n) is 4.40. The Hall–Kier alpha value is -1.20. The third-order valence-corrected chi connectivity index (χ3v) is 3.19. The Morgan fingerprint density at radius 3 is 2.71 bits per heavy atom. The van der Waals surface area contributed by atoms with Gasteiger partial charge in [-0.15, -0.1) is 0 Å². The van der Waals surface area contributed by atoms with Gasteiger partial charge in [-0.2, -0.15) is 0 Å². The van der Waals surface area contributed by atoms with Crippen LogP contribution in [0.25, 0.3) is 0 Å². The van der Waals surface area contributed by atoms with Crippen molar-refractivity contribution in [2.24, 2.45) is 0 Å². The molecule has 1 aliphatic rings. The second kappa shape index (κ2) is 5.93. The van der Waals surface area contributed by atoms with E-state index in [2.05, 4.69) is 27.2 Å². The summed E-state index contributed by atoms with van der Waals surface area (Å²) in [6.45, 7) is 2.60. The molecule has 0 aliphatic carbocycles. The number of rotatable bonds is 4. The fraction of sp³-hybridized carbons (Fsp3) is 0.667. The molecule has 5 nitrogen and oxygen atoms in total. The van der Waals surface area contributed by atoms with Crippen molar-refractivity contribution in [3.63, 3.8) is 0 Å². The number of hydrogen-bond donors (Lipinski definition) is 1. The molecule has 0 spiro atoms.